The molecule has 3 N–H and O–H groups in total. The SMILES string of the molecule is COc1cc(-c2noc(COCCN)n2)ccc1O. The lowest BCUT2D eigenvalue weighted by Crippen LogP contribution is -2.08. The van der Waals surface area contributed by atoms with E-state index >= 15 is 0 Å². The van der Waals surface area contributed by atoms with E-state index in [1.165, 1.54) is 13.2 Å². The fraction of sp³-hybridized carbons (Fsp3) is 0.333. The lowest BCUT2D eigenvalue weighted by molar-refractivity contribution is 0.104. The van der Waals surface area contributed by atoms with E-state index in [1.807, 2.05) is 0 Å². The van der Waals surface area contributed by atoms with Gasteiger partial charge in [0.25, 0.3) is 5.89 Å². The summed E-state index contributed by atoms with van der Waals surface area (Å²) in [6.45, 7) is 1.10. The van der Waals surface area contributed by atoms with E-state index in [4.69, 9.17) is 19.7 Å². The summed E-state index contributed by atoms with van der Waals surface area (Å²) in [7, 11) is 1.47. The monoisotopic (exact) mass is 265 g/mol. The Kier molecular flexibility index (Phi) is 4.32. The number of hydrogen-bond donors (Lipinski definition) is 2. The number of phenolic OH excluding ortho intramolecular Hbond substituents is 1. The minimum absolute atomic E-state index is 0.0567. The second kappa shape index (κ2) is 6.17. The molecule has 0 unspecified atom stereocenters. The lowest BCUT2D eigenvalue weighted by atomic mass is 10.2. The Morgan fingerprint density at radius 2 is 2.26 bits per heavy atom. The molecule has 19 heavy (non-hydrogen) atoms. The molecule has 7 nitrogen and oxygen atoms in total. The van der Waals surface area contributed by atoms with E-state index in [9.17, 15) is 5.11 Å². The molecule has 0 amide bonds. The molecule has 0 radical (unpaired) electrons. The molecule has 0 spiro atoms. The number of nitrogens with zero attached hydrogens (tertiary/aromatic N) is 2. The van der Waals surface area contributed by atoms with Gasteiger partial charge in [0.15, 0.2) is 11.5 Å². The van der Waals surface area contributed by atoms with Gasteiger partial charge in [-0.2, -0.15) is 4.98 Å². The maximum absolute atomic E-state index is 9.51. The predicted octanol–water partition coefficient (Wildman–Crippen LogP) is 0.926. The fourth-order valence-electron chi connectivity index (χ4n) is 1.49. The first-order valence-corrected chi connectivity index (χ1v) is 5.72. The number of rotatable bonds is 6. The predicted molar refractivity (Wildman–Crippen MR) is 66.7 cm³/mol. The van der Waals surface area contributed by atoms with Gasteiger partial charge in [0, 0.05) is 12.1 Å². The smallest absolute Gasteiger partial charge is 0.252 e. The van der Waals surface area contributed by atoms with E-state index in [2.05, 4.69) is 10.1 Å². The van der Waals surface area contributed by atoms with Crippen LogP contribution < -0.4 is 10.5 Å². The molecule has 7 heteroatoms. The van der Waals surface area contributed by atoms with Crippen LogP contribution in [0.2, 0.25) is 0 Å². The number of benzene rings is 1. The molecule has 0 saturated heterocycles. The van der Waals surface area contributed by atoms with Crippen molar-refractivity contribution in [3.63, 3.8) is 0 Å². The first kappa shape index (κ1) is 13.3. The standard InChI is InChI=1S/C12H15N3O4/c1-17-10-6-8(2-3-9(10)16)12-14-11(19-15-12)7-18-5-4-13/h2-3,6,16H,4-5,7,13H2,1H3. The molecule has 0 aliphatic heterocycles. The Bertz CT molecular complexity index is 542. The third-order valence-electron chi connectivity index (χ3n) is 2.39. The quantitative estimate of drug-likeness (QED) is 0.748. The topological polar surface area (TPSA) is 104 Å². The summed E-state index contributed by atoms with van der Waals surface area (Å²) in [5, 5.41) is 13.3. The van der Waals surface area contributed by atoms with Crippen LogP contribution in [0, 0.1) is 0 Å². The minimum Gasteiger partial charge on any atom is -0.504 e. The van der Waals surface area contributed by atoms with Gasteiger partial charge in [-0.05, 0) is 18.2 Å². The molecule has 0 bridgehead atoms. The summed E-state index contributed by atoms with van der Waals surface area (Å²) in [6, 6.07) is 4.81. The van der Waals surface area contributed by atoms with Crippen molar-refractivity contribution >= 4 is 0 Å². The zero-order valence-corrected chi connectivity index (χ0v) is 10.5. The second-order valence-electron chi connectivity index (χ2n) is 3.74. The van der Waals surface area contributed by atoms with Crippen molar-refractivity contribution < 1.29 is 19.1 Å². The number of phenols is 1. The second-order valence-corrected chi connectivity index (χ2v) is 3.74. The zero-order chi connectivity index (χ0) is 13.7. The van der Waals surface area contributed by atoms with Gasteiger partial charge in [-0.25, -0.2) is 0 Å². The van der Waals surface area contributed by atoms with Crippen LogP contribution in [0.1, 0.15) is 5.89 Å². The molecule has 1 aromatic carbocycles. The summed E-state index contributed by atoms with van der Waals surface area (Å²) in [4.78, 5) is 4.18. The molecule has 0 aliphatic rings. The van der Waals surface area contributed by atoms with Crippen molar-refractivity contribution in [1.82, 2.24) is 10.1 Å². The van der Waals surface area contributed by atoms with Gasteiger partial charge in [-0.3, -0.25) is 0 Å². The minimum atomic E-state index is 0.0567. The van der Waals surface area contributed by atoms with Crippen LogP contribution >= 0.6 is 0 Å². The van der Waals surface area contributed by atoms with Gasteiger partial charge in [-0.15, -0.1) is 0 Å². The van der Waals surface area contributed by atoms with Crippen molar-refractivity contribution in [2.24, 2.45) is 5.73 Å². The highest BCUT2D eigenvalue weighted by atomic mass is 16.5. The molecule has 2 rings (SSSR count). The van der Waals surface area contributed by atoms with E-state index < -0.39 is 0 Å². The highest BCUT2D eigenvalue weighted by Gasteiger charge is 2.11. The first-order valence-electron chi connectivity index (χ1n) is 5.72. The van der Waals surface area contributed by atoms with Crippen LogP contribution in [0.15, 0.2) is 22.7 Å². The molecule has 102 valence electrons. The van der Waals surface area contributed by atoms with Crippen LogP contribution in [0.4, 0.5) is 0 Å². The molecule has 1 aromatic heterocycles. The van der Waals surface area contributed by atoms with Crippen molar-refractivity contribution in [2.75, 3.05) is 20.3 Å². The summed E-state index contributed by atoms with van der Waals surface area (Å²) in [5.74, 6) is 1.18. The van der Waals surface area contributed by atoms with Crippen LogP contribution in [-0.4, -0.2) is 35.5 Å². The van der Waals surface area contributed by atoms with Crippen LogP contribution in [-0.2, 0) is 11.3 Å². The Labute approximate surface area is 109 Å². The summed E-state index contributed by atoms with van der Waals surface area (Å²) in [5.41, 5.74) is 5.99. The molecule has 0 fully saturated rings. The normalized spacial score (nSPS) is 10.6. The van der Waals surface area contributed by atoms with Gasteiger partial charge in [0.2, 0.25) is 5.82 Å². The van der Waals surface area contributed by atoms with Crippen molar-refractivity contribution in [1.29, 1.82) is 0 Å². The Morgan fingerprint density at radius 1 is 1.42 bits per heavy atom. The molecule has 0 saturated carbocycles. The number of aromatic nitrogens is 2. The van der Waals surface area contributed by atoms with Crippen LogP contribution in [0.5, 0.6) is 11.5 Å². The van der Waals surface area contributed by atoms with Gasteiger partial charge in [-0.1, -0.05) is 5.16 Å². The number of ether oxygens (including phenoxy) is 2. The molecular weight excluding hydrogens is 250 g/mol. The van der Waals surface area contributed by atoms with Gasteiger partial charge < -0.3 is 24.8 Å². The average molecular weight is 265 g/mol. The molecule has 1 heterocycles. The van der Waals surface area contributed by atoms with E-state index in [-0.39, 0.29) is 12.4 Å². The summed E-state index contributed by atoms with van der Waals surface area (Å²) < 4.78 is 15.3. The number of methoxy groups -OCH3 is 1. The highest BCUT2D eigenvalue weighted by molar-refractivity contribution is 5.60. The van der Waals surface area contributed by atoms with E-state index in [0.29, 0.717) is 36.2 Å². The van der Waals surface area contributed by atoms with Gasteiger partial charge >= 0.3 is 0 Å². The van der Waals surface area contributed by atoms with Crippen molar-refractivity contribution in [2.45, 2.75) is 6.61 Å². The molecule has 0 aliphatic carbocycles. The fourth-order valence-corrected chi connectivity index (χ4v) is 1.49. The summed E-state index contributed by atoms with van der Waals surface area (Å²) in [6.07, 6.45) is 0. The van der Waals surface area contributed by atoms with Gasteiger partial charge in [0.05, 0.1) is 13.7 Å². The number of aromatic hydroxyl groups is 1. The average Bonchev–Trinajstić information content (AvgIpc) is 2.88. The molecule has 0 atom stereocenters. The van der Waals surface area contributed by atoms with Crippen molar-refractivity contribution in [3.8, 4) is 22.9 Å². The zero-order valence-electron chi connectivity index (χ0n) is 10.5. The molecular formula is C12H15N3O4. The number of nitrogens with two attached hydrogens (primary N) is 1. The van der Waals surface area contributed by atoms with Crippen LogP contribution in [0.3, 0.4) is 0 Å². The highest BCUT2D eigenvalue weighted by Crippen LogP contribution is 2.30. The van der Waals surface area contributed by atoms with Crippen molar-refractivity contribution in [3.05, 3.63) is 24.1 Å². The van der Waals surface area contributed by atoms with E-state index in [0.717, 1.165) is 0 Å². The maximum Gasteiger partial charge on any atom is 0.252 e. The van der Waals surface area contributed by atoms with Crippen LogP contribution in [0.25, 0.3) is 11.4 Å². The molecule has 2 aromatic rings. The Morgan fingerprint density at radius 3 is 3.00 bits per heavy atom. The lowest BCUT2D eigenvalue weighted by Gasteiger charge is -2.03. The Hall–Kier alpha value is -2.12. The largest absolute Gasteiger partial charge is 0.504 e. The number of hydrogen-bond acceptors (Lipinski definition) is 7. The third kappa shape index (κ3) is 3.21. The van der Waals surface area contributed by atoms with Gasteiger partial charge in [0.1, 0.15) is 6.61 Å². The third-order valence-corrected chi connectivity index (χ3v) is 2.39. The Balaban J connectivity index is 2.13. The maximum atomic E-state index is 9.51. The first-order chi connectivity index (χ1) is 9.24. The van der Waals surface area contributed by atoms with E-state index in [1.54, 1.807) is 12.1 Å². The summed E-state index contributed by atoms with van der Waals surface area (Å²) >= 11 is 0.